The number of hydrogen-bond donors (Lipinski definition) is 4. The normalized spacial score (nSPS) is 18.2. The topological polar surface area (TPSA) is 232 Å². The highest BCUT2D eigenvalue weighted by atomic mass is 35.5. The number of fused-ring (bicyclic) bond motifs is 2. The first kappa shape index (κ1) is 42.4. The lowest BCUT2D eigenvalue weighted by Gasteiger charge is -2.12. The van der Waals surface area contributed by atoms with E-state index in [1.807, 2.05) is 0 Å². The van der Waals surface area contributed by atoms with Crippen LogP contribution in [0, 0.1) is 0 Å². The molecule has 2 aliphatic rings. The predicted molar refractivity (Wildman–Crippen MR) is 232 cm³/mol. The van der Waals surface area contributed by atoms with Gasteiger partial charge >= 0.3 is 0 Å². The van der Waals surface area contributed by atoms with E-state index < -0.39 is 24.0 Å². The molecule has 2 amide bonds. The van der Waals surface area contributed by atoms with Gasteiger partial charge in [0, 0.05) is 58.4 Å². The molecule has 2 aromatic carbocycles. The number of halogens is 2. The number of benzene rings is 2. The number of carbonyl (C=O) groups excluding carboxylic acids is 2. The third kappa shape index (κ3) is 8.32. The molecule has 328 valence electrons. The average Bonchev–Trinajstić information content (AvgIpc) is 4.17. The van der Waals surface area contributed by atoms with Crippen molar-refractivity contribution in [2.24, 2.45) is 0 Å². The summed E-state index contributed by atoms with van der Waals surface area (Å²) in [5, 5.41) is 44.9. The second kappa shape index (κ2) is 18.0. The molecule has 64 heavy (non-hydrogen) atoms. The van der Waals surface area contributed by atoms with Gasteiger partial charge in [0.25, 0.3) is 11.8 Å². The number of anilines is 2. The Hall–Kier alpha value is -6.94. The number of amides is 2. The molecule has 4 atom stereocenters. The van der Waals surface area contributed by atoms with Gasteiger partial charge in [0.15, 0.2) is 11.3 Å². The quantitative estimate of drug-likeness (QED) is 0.143. The lowest BCUT2D eigenvalue weighted by Crippen LogP contribution is -2.22. The number of rotatable bonds is 10. The summed E-state index contributed by atoms with van der Waals surface area (Å²) in [4.78, 5) is 34.7. The minimum Gasteiger partial charge on any atom is -0.496 e. The van der Waals surface area contributed by atoms with Crippen molar-refractivity contribution in [1.82, 2.24) is 48.8 Å². The van der Waals surface area contributed by atoms with E-state index in [4.69, 9.17) is 42.1 Å². The maximum absolute atomic E-state index is 13.1. The maximum atomic E-state index is 13.1. The highest BCUT2D eigenvalue weighted by Crippen LogP contribution is 2.39. The lowest BCUT2D eigenvalue weighted by molar-refractivity contribution is 0.102. The number of ether oxygens (including phenoxy) is 4. The average molecular weight is 910 g/mol. The van der Waals surface area contributed by atoms with Gasteiger partial charge in [-0.25, -0.2) is 19.0 Å². The summed E-state index contributed by atoms with van der Waals surface area (Å²) < 4.78 is 27.9. The van der Waals surface area contributed by atoms with Crippen molar-refractivity contribution in [1.29, 1.82) is 0 Å². The van der Waals surface area contributed by atoms with Crippen molar-refractivity contribution in [3.05, 3.63) is 119 Å². The van der Waals surface area contributed by atoms with E-state index in [0.29, 0.717) is 91.1 Å². The second-order valence-corrected chi connectivity index (χ2v) is 15.4. The monoisotopic (exact) mass is 908 g/mol. The Morgan fingerprint density at radius 1 is 0.688 bits per heavy atom. The van der Waals surface area contributed by atoms with Crippen molar-refractivity contribution in [2.75, 3.05) is 51.3 Å². The van der Waals surface area contributed by atoms with E-state index in [0.717, 1.165) is 0 Å². The van der Waals surface area contributed by atoms with Crippen LogP contribution in [0.2, 0.25) is 10.0 Å². The SMILES string of the molecule is COc1ccc(Cl)cc1-c1nn([C@@H]2COC[C@H]2O)cc1NC(=O)c1cnn2cccnc12.COc1ccc(Cl)cc1-c1nn([C@H]2COC[C@@H]2O)cc1NC(=O)c1cnn2cccnc12. The summed E-state index contributed by atoms with van der Waals surface area (Å²) in [7, 11) is 3.09. The predicted octanol–water partition coefficient (Wildman–Crippen LogP) is 4.88. The van der Waals surface area contributed by atoms with E-state index in [1.54, 1.807) is 109 Å². The molecule has 0 bridgehead atoms. The van der Waals surface area contributed by atoms with Crippen LogP contribution in [0.5, 0.6) is 11.5 Å². The van der Waals surface area contributed by atoms with E-state index in [-0.39, 0.29) is 25.3 Å². The molecule has 6 aromatic heterocycles. The molecule has 0 radical (unpaired) electrons. The molecule has 22 heteroatoms. The van der Waals surface area contributed by atoms with Crippen LogP contribution in [-0.2, 0) is 9.47 Å². The first-order chi connectivity index (χ1) is 31.1. The highest BCUT2D eigenvalue weighted by molar-refractivity contribution is 6.31. The fraction of sp³-hybridized carbons (Fsp3) is 0.238. The molecule has 0 aliphatic carbocycles. The summed E-state index contributed by atoms with van der Waals surface area (Å²) in [5.74, 6) is 0.277. The molecule has 8 aromatic rings. The Bertz CT molecular complexity index is 2810. The van der Waals surface area contributed by atoms with Crippen LogP contribution in [0.25, 0.3) is 33.8 Å². The minimum absolute atomic E-state index is 0.218. The van der Waals surface area contributed by atoms with Crippen LogP contribution in [0.15, 0.2) is 98.1 Å². The molecule has 4 N–H and O–H groups in total. The van der Waals surface area contributed by atoms with Crippen molar-refractivity contribution in [3.63, 3.8) is 0 Å². The van der Waals surface area contributed by atoms with Gasteiger partial charge in [0.2, 0.25) is 0 Å². The van der Waals surface area contributed by atoms with Crippen LogP contribution in [0.1, 0.15) is 32.8 Å². The Balaban J connectivity index is 0.000000162. The molecule has 0 spiro atoms. The molecule has 10 rings (SSSR count). The first-order valence-corrected chi connectivity index (χ1v) is 20.4. The Morgan fingerprint density at radius 3 is 1.52 bits per heavy atom. The summed E-state index contributed by atoms with van der Waals surface area (Å²) in [6, 6.07) is 13.0. The number of carbonyl (C=O) groups is 2. The molecule has 2 saturated heterocycles. The fourth-order valence-corrected chi connectivity index (χ4v) is 7.70. The lowest BCUT2D eigenvalue weighted by atomic mass is 10.1. The number of nitrogens with zero attached hydrogens (tertiary/aromatic N) is 10. The van der Waals surface area contributed by atoms with Crippen LogP contribution < -0.4 is 20.1 Å². The van der Waals surface area contributed by atoms with Crippen LogP contribution in [0.4, 0.5) is 11.4 Å². The molecule has 0 unspecified atom stereocenters. The molecule has 2 fully saturated rings. The number of hydrogen-bond acceptors (Lipinski definition) is 14. The van der Waals surface area contributed by atoms with E-state index in [2.05, 4.69) is 41.0 Å². The van der Waals surface area contributed by atoms with Crippen molar-refractivity contribution < 1.29 is 38.7 Å². The van der Waals surface area contributed by atoms with Crippen molar-refractivity contribution in [3.8, 4) is 34.0 Å². The number of aromatic nitrogens is 10. The Kier molecular flexibility index (Phi) is 11.9. The van der Waals surface area contributed by atoms with Crippen LogP contribution >= 0.6 is 23.2 Å². The van der Waals surface area contributed by atoms with Gasteiger partial charge < -0.3 is 39.8 Å². The zero-order valence-electron chi connectivity index (χ0n) is 33.9. The zero-order chi connectivity index (χ0) is 44.5. The largest absolute Gasteiger partial charge is 0.496 e. The number of aliphatic hydroxyl groups is 2. The second-order valence-electron chi connectivity index (χ2n) is 14.6. The third-order valence-corrected chi connectivity index (χ3v) is 11.0. The van der Waals surface area contributed by atoms with Gasteiger partial charge in [0.1, 0.15) is 58.3 Å². The third-order valence-electron chi connectivity index (χ3n) is 10.6. The van der Waals surface area contributed by atoms with E-state index in [9.17, 15) is 19.8 Å². The number of aliphatic hydroxyl groups excluding tert-OH is 2. The fourth-order valence-electron chi connectivity index (χ4n) is 7.36. The van der Waals surface area contributed by atoms with Gasteiger partial charge in [-0.2, -0.15) is 20.4 Å². The van der Waals surface area contributed by atoms with E-state index in [1.165, 1.54) is 21.4 Å². The molecule has 2 aliphatic heterocycles. The van der Waals surface area contributed by atoms with Gasteiger partial charge in [-0.05, 0) is 48.5 Å². The van der Waals surface area contributed by atoms with Crippen molar-refractivity contribution in [2.45, 2.75) is 24.3 Å². The maximum Gasteiger partial charge on any atom is 0.261 e. The molecular weight excluding hydrogens is 871 g/mol. The zero-order valence-corrected chi connectivity index (χ0v) is 35.5. The van der Waals surface area contributed by atoms with Gasteiger partial charge in [-0.15, -0.1) is 0 Å². The van der Waals surface area contributed by atoms with Gasteiger partial charge in [-0.3, -0.25) is 19.0 Å². The van der Waals surface area contributed by atoms with Gasteiger partial charge in [0.05, 0.1) is 64.4 Å². The van der Waals surface area contributed by atoms with Crippen LogP contribution in [-0.4, -0.2) is 124 Å². The van der Waals surface area contributed by atoms with Gasteiger partial charge in [-0.1, -0.05) is 23.2 Å². The molecule has 20 nitrogen and oxygen atoms in total. The summed E-state index contributed by atoms with van der Waals surface area (Å²) >= 11 is 12.5. The van der Waals surface area contributed by atoms with Crippen molar-refractivity contribution >= 4 is 57.7 Å². The summed E-state index contributed by atoms with van der Waals surface area (Å²) in [6.07, 6.45) is 11.4. The summed E-state index contributed by atoms with van der Waals surface area (Å²) in [6.45, 7) is 1.05. The molecular formula is C42H38Cl2N12O8. The standard InChI is InChI=1S/2C21H19ClN6O4/c2*1-31-18-4-3-12(22)7-13(18)19-15(9-28(26-19)16-10-32-11-17(16)29)25-21(30)14-8-24-27-6-2-5-23-20(14)27/h2*2-9,16-17,29H,10-11H2,1H3,(H,25,30)/t2*16-,17-/m10/s1. The smallest absolute Gasteiger partial charge is 0.261 e. The summed E-state index contributed by atoms with van der Waals surface area (Å²) in [5.41, 5.74) is 4.41. The minimum atomic E-state index is -0.712. The number of methoxy groups -OCH3 is 2. The Labute approximate surface area is 372 Å². The Morgan fingerprint density at radius 2 is 1.12 bits per heavy atom. The van der Waals surface area contributed by atoms with Crippen LogP contribution in [0.3, 0.4) is 0 Å². The van der Waals surface area contributed by atoms with E-state index >= 15 is 0 Å². The molecule has 0 saturated carbocycles. The highest BCUT2D eigenvalue weighted by Gasteiger charge is 2.32. The molecule has 8 heterocycles. The first-order valence-electron chi connectivity index (χ1n) is 19.7. The number of nitrogens with one attached hydrogen (secondary N) is 2.